The van der Waals surface area contributed by atoms with Crippen LogP contribution in [0.5, 0.6) is 0 Å². The van der Waals surface area contributed by atoms with Crippen molar-refractivity contribution in [3.63, 3.8) is 0 Å². The van der Waals surface area contributed by atoms with Gasteiger partial charge in [-0.1, -0.05) is 0 Å². The maximum atomic E-state index is 8.57. The molecule has 0 aliphatic rings. The maximum absolute atomic E-state index is 8.57. The zero-order chi connectivity index (χ0) is 4.71. The van der Waals surface area contributed by atoms with Gasteiger partial charge in [-0.05, 0) is 0 Å². The van der Waals surface area contributed by atoms with Crippen molar-refractivity contribution in [3.8, 4) is 0 Å². The summed E-state index contributed by atoms with van der Waals surface area (Å²) in [6.07, 6.45) is 0. The minimum Gasteiger partial charge on any atom is -0.577 e. The van der Waals surface area contributed by atoms with Crippen molar-refractivity contribution in [3.05, 3.63) is 10.5 Å². The van der Waals surface area contributed by atoms with E-state index in [1.165, 1.54) is 4.79 Å². The van der Waals surface area contributed by atoms with Crippen LogP contribution in [-0.4, -0.2) is 4.79 Å². The first kappa shape index (κ1) is 8.83. The van der Waals surface area contributed by atoms with Gasteiger partial charge in [-0.25, -0.2) is 0 Å². The smallest absolute Gasteiger partial charge is 0.423 e. The number of rotatable bonds is 0. The summed E-state index contributed by atoms with van der Waals surface area (Å²) >= 11 is 2.68. The molecule has 0 aromatic carbocycles. The molecule has 0 fully saturated rings. The molecule has 0 saturated heterocycles. The van der Waals surface area contributed by atoms with Gasteiger partial charge in [0.2, 0.25) is 0 Å². The maximum Gasteiger partial charge on any atom is -0.423 e. The number of hydrogen-bond acceptors (Lipinski definition) is 2. The molecule has 0 unspecified atom stereocenters. The van der Waals surface area contributed by atoms with E-state index in [1.807, 2.05) is 0 Å². The van der Waals surface area contributed by atoms with E-state index < -0.39 is 0 Å². The van der Waals surface area contributed by atoms with Gasteiger partial charge in [0, 0.05) is 0 Å². The van der Waals surface area contributed by atoms with Crippen LogP contribution in [0, 0.1) is 4.91 Å². The van der Waals surface area contributed by atoms with E-state index in [0.29, 0.717) is 0 Å². The fourth-order valence-corrected chi connectivity index (χ4v) is 0. The van der Waals surface area contributed by atoms with E-state index in [1.54, 1.807) is 0 Å². The first-order valence-corrected chi connectivity index (χ1v) is 1.12. The van der Waals surface area contributed by atoms with Crippen LogP contribution in [-0.2, 0) is 20.4 Å². The molecule has 0 rings (SSSR count). The predicted octanol–water partition coefficient (Wildman–Crippen LogP) is -0.0774. The summed E-state index contributed by atoms with van der Waals surface area (Å²) in [6, 6.07) is 0. The van der Waals surface area contributed by atoms with Crippen molar-refractivity contribution in [1.82, 2.24) is 0 Å². The summed E-state index contributed by atoms with van der Waals surface area (Å²) in [5.41, 5.74) is 5.75. The second-order valence-corrected chi connectivity index (χ2v) is 0.298. The fourth-order valence-electron chi connectivity index (χ4n) is 0. The number of carbonyl (C=O) groups excluding carboxylic acids is 1. The van der Waals surface area contributed by atoms with Crippen molar-refractivity contribution in [1.29, 1.82) is 0 Å². The van der Waals surface area contributed by atoms with Gasteiger partial charge in [0.25, 0.3) is 0 Å². The third-order valence-electron chi connectivity index (χ3n) is 0. The fraction of sp³-hybridized carbons (Fsp3) is 0. The first-order valence-electron chi connectivity index (χ1n) is 0.563. The van der Waals surface area contributed by atoms with E-state index in [0.717, 1.165) is 0 Å². The normalized spacial score (nSPS) is 2.40. The first-order chi connectivity index (χ1) is 2.41. The summed E-state index contributed by atoms with van der Waals surface area (Å²) in [5, 5.41) is 0. The van der Waals surface area contributed by atoms with Gasteiger partial charge in [-0.15, -0.1) is 0 Å². The van der Waals surface area contributed by atoms with Gasteiger partial charge in [0.05, 0.1) is 0 Å². The summed E-state index contributed by atoms with van der Waals surface area (Å²) < 4.78 is 0. The van der Waals surface area contributed by atoms with Crippen LogP contribution in [0.3, 0.4) is 0 Å². The van der Waals surface area contributed by atoms with E-state index in [2.05, 4.69) is 15.6 Å². The summed E-state index contributed by atoms with van der Waals surface area (Å²) in [5.74, 6) is 0. The molecule has 0 bridgehead atoms. The third-order valence-corrected chi connectivity index (χ3v) is 0. The van der Waals surface area contributed by atoms with Gasteiger partial charge < -0.3 is 10.5 Å². The third kappa shape index (κ3) is 118. The molecule has 0 N–H and O–H groups in total. The molecule has 4 heteroatoms. The van der Waals surface area contributed by atoms with Gasteiger partial charge >= 0.3 is 25.2 Å². The van der Waals surface area contributed by atoms with Crippen molar-refractivity contribution >= 4 is 4.79 Å². The molecule has 0 heterocycles. The van der Waals surface area contributed by atoms with Crippen molar-refractivity contribution in [2.45, 2.75) is 0 Å². The Kier molecular flexibility index (Phi) is 97.3. The van der Waals surface area contributed by atoms with Gasteiger partial charge in [-0.2, -0.15) is 0 Å². The molecule has 0 radical (unpaired) electrons. The molecule has 0 aromatic heterocycles. The van der Waals surface area contributed by atoms with Crippen molar-refractivity contribution in [2.24, 2.45) is 0 Å². The summed E-state index contributed by atoms with van der Waals surface area (Å²) in [4.78, 5) is 17.1. The minimum atomic E-state index is 1.25. The number of hydrogen-bond donors (Lipinski definition) is 0. The zero-order valence-electron chi connectivity index (χ0n) is 2.12. The molecule has 0 spiro atoms. The average Bonchev–Trinajstić information content (AvgIpc) is 1.46. The Bertz CT molecular complexity index is 38.9. The van der Waals surface area contributed by atoms with Crippen LogP contribution in [0.4, 0.5) is 0 Å². The van der Waals surface area contributed by atoms with Crippen LogP contribution in [0.15, 0.2) is 0 Å². The molecule has 0 atom stereocenters. The molecular weight excluding hydrogens is 114 g/mol. The van der Waals surface area contributed by atoms with E-state index in [-0.39, 0.29) is 0 Å². The standard InChI is InChI=1S/CO.Fe.NO/c1-2;;1-2/q;+1;-1. The largest absolute Gasteiger partial charge is 0.577 e. The Hall–Kier alpha value is -0.301. The molecule has 0 aliphatic heterocycles. The molecule has 0 aromatic rings. The SMILES string of the molecule is O=[C]=[Fe+].[N-]=O. The monoisotopic (exact) mass is 114 g/mol. The van der Waals surface area contributed by atoms with E-state index >= 15 is 0 Å². The van der Waals surface area contributed by atoms with E-state index in [4.69, 9.17) is 15.3 Å². The summed E-state index contributed by atoms with van der Waals surface area (Å²) in [6.45, 7) is 0. The van der Waals surface area contributed by atoms with Gasteiger partial charge in [0.1, 0.15) is 0 Å². The summed E-state index contributed by atoms with van der Waals surface area (Å²) in [7, 11) is 0. The zero-order valence-corrected chi connectivity index (χ0v) is 3.22. The Balaban J connectivity index is 0. The molecule has 29 valence electrons. The van der Waals surface area contributed by atoms with Crippen LogP contribution in [0.25, 0.3) is 5.59 Å². The van der Waals surface area contributed by atoms with Crippen LogP contribution >= 0.6 is 0 Å². The molecule has 0 saturated carbocycles. The van der Waals surface area contributed by atoms with Crippen LogP contribution in [0.2, 0.25) is 0 Å². The Morgan fingerprint density at radius 1 is 1.60 bits per heavy atom. The minimum absolute atomic E-state index is 1.25. The molecule has 3 nitrogen and oxygen atoms in total. The number of nitrogens with zero attached hydrogens (tertiary/aromatic N) is 1. The van der Waals surface area contributed by atoms with E-state index in [9.17, 15) is 0 Å². The second-order valence-electron chi connectivity index (χ2n) is 0.0722. The molecule has 0 aliphatic carbocycles. The van der Waals surface area contributed by atoms with Gasteiger partial charge in [-0.3, -0.25) is 0 Å². The van der Waals surface area contributed by atoms with Crippen molar-refractivity contribution in [2.75, 3.05) is 0 Å². The van der Waals surface area contributed by atoms with Gasteiger partial charge in [0.15, 0.2) is 0 Å². The Labute approximate surface area is 36.5 Å². The van der Waals surface area contributed by atoms with Crippen LogP contribution < -0.4 is 0 Å². The molecular formula is CFeNO2. The Morgan fingerprint density at radius 2 is 1.60 bits per heavy atom. The second kappa shape index (κ2) is 55.1. The number of nitroso groups, excluding NO2 is 1. The average molecular weight is 114 g/mol. The molecule has 0 amide bonds. The van der Waals surface area contributed by atoms with Crippen LogP contribution in [0.1, 0.15) is 0 Å². The quantitative estimate of drug-likeness (QED) is 0.413. The topological polar surface area (TPSA) is 56.4 Å². The molecule has 5 heavy (non-hydrogen) atoms. The Morgan fingerprint density at radius 3 is 1.60 bits per heavy atom. The van der Waals surface area contributed by atoms with Crippen molar-refractivity contribution < 1.29 is 20.4 Å². The predicted molar refractivity (Wildman–Crippen MR) is 12.4 cm³/mol.